The Balaban J connectivity index is 0.00000249. The number of nitrogens with one attached hydrogen (secondary N) is 2. The molecule has 2 atom stereocenters. The normalized spacial score (nSPS) is 11.5. The Kier molecular flexibility index (Phi) is 17.9. The van der Waals surface area contributed by atoms with Gasteiger partial charge in [0.1, 0.15) is 17.8 Å². The Morgan fingerprint density at radius 1 is 0.935 bits per heavy atom. The van der Waals surface area contributed by atoms with Crippen LogP contribution in [0.4, 0.5) is 0 Å². The van der Waals surface area contributed by atoms with Crippen molar-refractivity contribution in [2.75, 3.05) is 26.2 Å². The number of nitrogens with zero attached hydrogens (tertiary/aromatic N) is 3. The number of aromatic hydroxyl groups is 1. The molecule has 2 rings (SSSR count). The molecule has 0 saturated carbocycles. The highest BCUT2D eigenvalue weighted by Gasteiger charge is 2.26. The van der Waals surface area contributed by atoms with Crippen molar-refractivity contribution in [3.8, 4) is 5.75 Å². The number of carbonyl (C=O) groups is 4. The molecule has 15 nitrogen and oxygen atoms in total. The zero-order valence-electron chi connectivity index (χ0n) is 26.0. The molecule has 0 bridgehead atoms. The van der Waals surface area contributed by atoms with E-state index in [1.165, 1.54) is 12.1 Å². The van der Waals surface area contributed by atoms with Crippen LogP contribution in [0.1, 0.15) is 37.8 Å². The SMILES string of the molecule is CC(=O)O.CCN(CCc1ccc(Br)cc1)C(=O)CNC(=O)[C@@H](CCCN=C(N)N)NC(=O)[C@H](Cc1ccc(O)cc1)N=C(N)N. The number of halogens is 1. The van der Waals surface area contributed by atoms with E-state index in [2.05, 4.69) is 36.5 Å². The predicted octanol–water partition coefficient (Wildman–Crippen LogP) is 0.176. The van der Waals surface area contributed by atoms with Crippen LogP contribution in [-0.2, 0) is 32.0 Å². The van der Waals surface area contributed by atoms with Crippen LogP contribution in [0, 0.1) is 0 Å². The molecule has 0 aliphatic heterocycles. The zero-order chi connectivity index (χ0) is 34.6. The highest BCUT2D eigenvalue weighted by molar-refractivity contribution is 9.10. The van der Waals surface area contributed by atoms with Gasteiger partial charge >= 0.3 is 0 Å². The second-order valence-corrected chi connectivity index (χ2v) is 11.0. The third-order valence-electron chi connectivity index (χ3n) is 6.28. The van der Waals surface area contributed by atoms with E-state index >= 15 is 0 Å². The lowest BCUT2D eigenvalue weighted by Gasteiger charge is -2.23. The van der Waals surface area contributed by atoms with E-state index < -0.39 is 29.9 Å². The number of likely N-dealkylation sites (N-methyl/N-ethyl adjacent to an activating group) is 1. The topological polar surface area (TPSA) is 265 Å². The number of amides is 3. The van der Waals surface area contributed by atoms with Gasteiger partial charge in [-0.1, -0.05) is 40.2 Å². The highest BCUT2D eigenvalue weighted by Crippen LogP contribution is 2.14. The summed E-state index contributed by atoms with van der Waals surface area (Å²) in [5.41, 5.74) is 23.7. The van der Waals surface area contributed by atoms with E-state index in [1.54, 1.807) is 17.0 Å². The minimum atomic E-state index is -1.04. The number of carboxylic acid groups (broad SMARTS) is 1. The summed E-state index contributed by atoms with van der Waals surface area (Å²) in [6.45, 7) is 3.92. The van der Waals surface area contributed by atoms with E-state index in [0.717, 1.165) is 17.0 Å². The lowest BCUT2D eigenvalue weighted by atomic mass is 10.0. The van der Waals surface area contributed by atoms with Crippen molar-refractivity contribution in [3.63, 3.8) is 0 Å². The molecule has 0 aliphatic rings. The van der Waals surface area contributed by atoms with E-state index in [9.17, 15) is 19.5 Å². The summed E-state index contributed by atoms with van der Waals surface area (Å²) in [5.74, 6) is -2.53. The van der Waals surface area contributed by atoms with Crippen molar-refractivity contribution >= 4 is 51.5 Å². The van der Waals surface area contributed by atoms with Gasteiger partial charge in [0.25, 0.3) is 5.97 Å². The number of hydrogen-bond acceptors (Lipinski definition) is 7. The Bertz CT molecular complexity index is 1330. The largest absolute Gasteiger partial charge is 0.508 e. The van der Waals surface area contributed by atoms with Crippen LogP contribution >= 0.6 is 15.9 Å². The van der Waals surface area contributed by atoms with Gasteiger partial charge in [-0.25, -0.2) is 4.99 Å². The molecule has 0 spiro atoms. The monoisotopic (exact) mass is 705 g/mol. The molecule has 0 aromatic heterocycles. The van der Waals surface area contributed by atoms with E-state index in [0.29, 0.717) is 31.5 Å². The predicted molar refractivity (Wildman–Crippen MR) is 180 cm³/mol. The van der Waals surface area contributed by atoms with Gasteiger partial charge in [-0.3, -0.25) is 24.2 Å². The maximum absolute atomic E-state index is 13.2. The smallest absolute Gasteiger partial charge is 0.300 e. The quantitative estimate of drug-likeness (QED) is 0.0667. The number of rotatable bonds is 16. The fourth-order valence-corrected chi connectivity index (χ4v) is 4.31. The number of carboxylic acids is 1. The summed E-state index contributed by atoms with van der Waals surface area (Å²) in [7, 11) is 0. The first-order chi connectivity index (χ1) is 21.7. The zero-order valence-corrected chi connectivity index (χ0v) is 27.6. The van der Waals surface area contributed by atoms with Gasteiger partial charge in [0.05, 0.1) is 6.54 Å². The fourth-order valence-electron chi connectivity index (χ4n) is 4.04. The first kappa shape index (κ1) is 39.2. The number of phenolic OH excluding ortho intramolecular Hbond substituents is 1. The Morgan fingerprint density at radius 3 is 2.07 bits per heavy atom. The highest BCUT2D eigenvalue weighted by atomic mass is 79.9. The molecule has 46 heavy (non-hydrogen) atoms. The summed E-state index contributed by atoms with van der Waals surface area (Å²) >= 11 is 3.41. The van der Waals surface area contributed by atoms with Crippen molar-refractivity contribution in [1.82, 2.24) is 15.5 Å². The second kappa shape index (κ2) is 21.0. The van der Waals surface area contributed by atoms with Crippen LogP contribution in [0.5, 0.6) is 5.75 Å². The van der Waals surface area contributed by atoms with Crippen molar-refractivity contribution < 1.29 is 29.4 Å². The molecule has 2 aromatic rings. The van der Waals surface area contributed by atoms with Crippen molar-refractivity contribution in [3.05, 3.63) is 64.1 Å². The molecule has 0 heterocycles. The molecule has 16 heteroatoms. The average Bonchev–Trinajstić information content (AvgIpc) is 2.98. The summed E-state index contributed by atoms with van der Waals surface area (Å²) in [6, 6.07) is 12.0. The van der Waals surface area contributed by atoms with Gasteiger partial charge in [0.2, 0.25) is 17.7 Å². The molecular formula is C30H44BrN9O6. The van der Waals surface area contributed by atoms with Crippen molar-refractivity contribution in [1.29, 1.82) is 0 Å². The third-order valence-corrected chi connectivity index (χ3v) is 6.81. The maximum Gasteiger partial charge on any atom is 0.300 e. The number of hydrogen-bond donors (Lipinski definition) is 8. The Labute approximate surface area is 276 Å². The van der Waals surface area contributed by atoms with Crippen LogP contribution in [0.3, 0.4) is 0 Å². The number of benzene rings is 2. The number of aliphatic carboxylic acids is 1. The molecule has 0 unspecified atom stereocenters. The first-order valence-corrected chi connectivity index (χ1v) is 15.2. The lowest BCUT2D eigenvalue weighted by Crippen LogP contribution is -2.52. The third kappa shape index (κ3) is 16.8. The van der Waals surface area contributed by atoms with Gasteiger partial charge in [-0.15, -0.1) is 0 Å². The summed E-state index contributed by atoms with van der Waals surface area (Å²) in [4.78, 5) is 57.9. The number of phenols is 1. The van der Waals surface area contributed by atoms with Gasteiger partial charge in [0.15, 0.2) is 11.9 Å². The van der Waals surface area contributed by atoms with Crippen molar-refractivity contribution in [2.24, 2.45) is 32.9 Å². The molecular weight excluding hydrogens is 662 g/mol. The minimum absolute atomic E-state index is 0.0728. The number of guanidine groups is 2. The maximum atomic E-state index is 13.2. The Hall–Kier alpha value is -4.86. The van der Waals surface area contributed by atoms with Gasteiger partial charge in [0, 0.05) is 37.5 Å². The van der Waals surface area contributed by atoms with Crippen LogP contribution in [0.25, 0.3) is 0 Å². The van der Waals surface area contributed by atoms with Crippen molar-refractivity contribution in [2.45, 2.75) is 51.6 Å². The number of aliphatic imine (C=N–C) groups is 2. The summed E-state index contributed by atoms with van der Waals surface area (Å²) in [5, 5.41) is 22.3. The molecule has 12 N–H and O–H groups in total. The molecule has 0 aliphatic carbocycles. The standard InChI is InChI=1S/C28H40BrN9O4.C2H4O2/c1-2-38(15-13-18-5-9-20(29)10-6-18)24(40)17-35-25(41)22(4-3-14-34-27(30)31)36-26(42)23(37-28(32)33)16-19-7-11-21(39)12-8-19;1-2(3)4/h5-12,22-23,39H,2-4,13-17H2,1H3,(H,35,41)(H,36,42)(H4,30,31,34)(H4,32,33,37);1H3,(H,3,4)/t22-,23+;/m1./s1. The average molecular weight is 707 g/mol. The van der Waals surface area contributed by atoms with Crippen LogP contribution in [0.2, 0.25) is 0 Å². The molecule has 0 saturated heterocycles. The molecule has 2 aromatic carbocycles. The summed E-state index contributed by atoms with van der Waals surface area (Å²) < 4.78 is 0.974. The molecule has 0 fully saturated rings. The van der Waals surface area contributed by atoms with Crippen LogP contribution in [0.15, 0.2) is 63.0 Å². The van der Waals surface area contributed by atoms with E-state index in [1.807, 2.05) is 31.2 Å². The first-order valence-electron chi connectivity index (χ1n) is 14.4. The Morgan fingerprint density at radius 2 is 1.52 bits per heavy atom. The molecule has 0 radical (unpaired) electrons. The van der Waals surface area contributed by atoms with Gasteiger partial charge < -0.3 is 48.7 Å². The molecule has 252 valence electrons. The van der Waals surface area contributed by atoms with Crippen LogP contribution in [-0.4, -0.2) is 89.0 Å². The molecule has 3 amide bonds. The number of carbonyl (C=O) groups excluding carboxylic acids is 3. The van der Waals surface area contributed by atoms with Gasteiger partial charge in [-0.05, 0) is 61.6 Å². The second-order valence-electron chi connectivity index (χ2n) is 10.0. The number of nitrogens with two attached hydrogens (primary N) is 4. The minimum Gasteiger partial charge on any atom is -0.508 e. The van der Waals surface area contributed by atoms with Crippen LogP contribution < -0.4 is 33.6 Å². The van der Waals surface area contributed by atoms with E-state index in [4.69, 9.17) is 32.8 Å². The summed E-state index contributed by atoms with van der Waals surface area (Å²) in [6.07, 6.45) is 1.35. The van der Waals surface area contributed by atoms with Gasteiger partial charge in [-0.2, -0.15) is 0 Å². The lowest BCUT2D eigenvalue weighted by molar-refractivity contribution is -0.134. The fraction of sp³-hybridized carbons (Fsp3) is 0.400. The van der Waals surface area contributed by atoms with E-state index in [-0.39, 0.29) is 49.5 Å².